The van der Waals surface area contributed by atoms with E-state index < -0.39 is 5.97 Å². The molecule has 1 saturated heterocycles. The molecule has 18 heavy (non-hydrogen) atoms. The summed E-state index contributed by atoms with van der Waals surface area (Å²) >= 11 is 0. The number of nitrogens with zero attached hydrogens (tertiary/aromatic N) is 2. The summed E-state index contributed by atoms with van der Waals surface area (Å²) < 4.78 is 5.31. The molecule has 1 aliphatic rings. The largest absolute Gasteiger partial charge is 0.478 e. The first-order chi connectivity index (χ1) is 8.52. The van der Waals surface area contributed by atoms with Crippen LogP contribution in [0.2, 0.25) is 0 Å². The Labute approximate surface area is 106 Å². The maximum atomic E-state index is 11.4. The van der Waals surface area contributed by atoms with Crippen LogP contribution in [0.3, 0.4) is 0 Å². The zero-order valence-electron chi connectivity index (χ0n) is 10.9. The fourth-order valence-corrected chi connectivity index (χ4v) is 2.42. The van der Waals surface area contributed by atoms with E-state index in [4.69, 9.17) is 4.74 Å². The molecule has 1 unspecified atom stereocenters. The van der Waals surface area contributed by atoms with Crippen molar-refractivity contribution in [1.82, 2.24) is 4.98 Å². The van der Waals surface area contributed by atoms with Crippen molar-refractivity contribution >= 4 is 11.8 Å². The highest BCUT2D eigenvalue weighted by Crippen LogP contribution is 2.26. The van der Waals surface area contributed by atoms with Crippen LogP contribution in [0.15, 0.2) is 6.07 Å². The number of aryl methyl sites for hydroxylation is 2. The Bertz CT molecular complexity index is 474. The lowest BCUT2D eigenvalue weighted by Crippen LogP contribution is -2.26. The molecule has 1 atom stereocenters. The Morgan fingerprint density at radius 1 is 1.56 bits per heavy atom. The summed E-state index contributed by atoms with van der Waals surface area (Å²) in [5, 5.41) is 9.32. The van der Waals surface area contributed by atoms with E-state index in [0.717, 1.165) is 24.2 Å². The second kappa shape index (κ2) is 4.94. The first-order valence-corrected chi connectivity index (χ1v) is 6.02. The summed E-state index contributed by atoms with van der Waals surface area (Å²) in [6.45, 7) is 5.18. The molecular weight excluding hydrogens is 232 g/mol. The third-order valence-corrected chi connectivity index (χ3v) is 3.32. The number of carboxylic acids is 1. The Morgan fingerprint density at radius 3 is 2.83 bits per heavy atom. The van der Waals surface area contributed by atoms with Crippen LogP contribution in [0.5, 0.6) is 0 Å². The van der Waals surface area contributed by atoms with E-state index in [2.05, 4.69) is 4.98 Å². The Balaban J connectivity index is 2.40. The van der Waals surface area contributed by atoms with Crippen LogP contribution in [0.25, 0.3) is 0 Å². The smallest absolute Gasteiger partial charge is 0.339 e. The lowest BCUT2D eigenvalue weighted by molar-refractivity contribution is 0.0696. The van der Waals surface area contributed by atoms with Crippen molar-refractivity contribution in [3.63, 3.8) is 0 Å². The van der Waals surface area contributed by atoms with Crippen LogP contribution in [-0.2, 0) is 4.74 Å². The highest BCUT2D eigenvalue weighted by Gasteiger charge is 2.27. The third kappa shape index (κ3) is 2.31. The fraction of sp³-hybridized carbons (Fsp3) is 0.538. The minimum atomic E-state index is -0.920. The number of carboxylic acid groups (broad SMARTS) is 1. The van der Waals surface area contributed by atoms with Gasteiger partial charge in [0.05, 0.1) is 6.10 Å². The van der Waals surface area contributed by atoms with Gasteiger partial charge in [-0.15, -0.1) is 0 Å². The molecule has 5 heteroatoms. The molecule has 1 fully saturated rings. The molecule has 1 aromatic rings. The van der Waals surface area contributed by atoms with Gasteiger partial charge in [-0.2, -0.15) is 0 Å². The van der Waals surface area contributed by atoms with Gasteiger partial charge in [-0.05, 0) is 31.9 Å². The second-order valence-electron chi connectivity index (χ2n) is 4.68. The lowest BCUT2D eigenvalue weighted by Gasteiger charge is -2.20. The molecule has 0 saturated carbocycles. The summed E-state index contributed by atoms with van der Waals surface area (Å²) in [5.41, 5.74) is 1.90. The number of hydrogen-bond donors (Lipinski definition) is 1. The predicted octanol–water partition coefficient (Wildman–Crippen LogP) is 1.62. The predicted molar refractivity (Wildman–Crippen MR) is 68.3 cm³/mol. The van der Waals surface area contributed by atoms with Crippen LogP contribution in [-0.4, -0.2) is 42.4 Å². The molecule has 98 valence electrons. The van der Waals surface area contributed by atoms with Crippen molar-refractivity contribution in [1.29, 1.82) is 0 Å². The van der Waals surface area contributed by atoms with Gasteiger partial charge in [-0.25, -0.2) is 9.78 Å². The third-order valence-electron chi connectivity index (χ3n) is 3.32. The van der Waals surface area contributed by atoms with Gasteiger partial charge in [0, 0.05) is 25.9 Å². The highest BCUT2D eigenvalue weighted by molar-refractivity contribution is 5.95. The van der Waals surface area contributed by atoms with E-state index >= 15 is 0 Å². The van der Waals surface area contributed by atoms with E-state index in [1.54, 1.807) is 13.2 Å². The Kier molecular flexibility index (Phi) is 3.52. The molecule has 2 rings (SSSR count). The highest BCUT2D eigenvalue weighted by atomic mass is 16.5. The molecular formula is C13H18N2O3. The van der Waals surface area contributed by atoms with Gasteiger partial charge in [0.15, 0.2) is 0 Å². The van der Waals surface area contributed by atoms with E-state index in [-0.39, 0.29) is 6.10 Å². The number of aromatic carboxylic acids is 1. The molecule has 0 amide bonds. The summed E-state index contributed by atoms with van der Waals surface area (Å²) in [7, 11) is 1.68. The van der Waals surface area contributed by atoms with Gasteiger partial charge >= 0.3 is 5.97 Å². The minimum Gasteiger partial charge on any atom is -0.478 e. The van der Waals surface area contributed by atoms with Gasteiger partial charge < -0.3 is 14.7 Å². The van der Waals surface area contributed by atoms with Crippen molar-refractivity contribution in [3.8, 4) is 0 Å². The average Bonchev–Trinajstić information content (AvgIpc) is 2.75. The molecule has 0 radical (unpaired) electrons. The number of ether oxygens (including phenoxy) is 1. The quantitative estimate of drug-likeness (QED) is 0.883. The minimum absolute atomic E-state index is 0.161. The summed E-state index contributed by atoms with van der Waals surface area (Å²) in [6.07, 6.45) is 1.07. The number of rotatable bonds is 3. The molecule has 5 nitrogen and oxygen atoms in total. The molecule has 0 bridgehead atoms. The molecule has 2 heterocycles. The number of anilines is 1. The molecule has 0 aromatic carbocycles. The summed E-state index contributed by atoms with van der Waals surface area (Å²) in [6, 6.07) is 1.80. The monoisotopic (exact) mass is 250 g/mol. The molecule has 0 aliphatic carbocycles. The topological polar surface area (TPSA) is 62.7 Å². The lowest BCUT2D eigenvalue weighted by atomic mass is 10.1. The number of pyridine rings is 1. The van der Waals surface area contributed by atoms with Crippen molar-refractivity contribution in [2.24, 2.45) is 0 Å². The summed E-state index contributed by atoms with van der Waals surface area (Å²) in [5.74, 6) is -0.351. The van der Waals surface area contributed by atoms with Gasteiger partial charge in [0.25, 0.3) is 0 Å². The van der Waals surface area contributed by atoms with Crippen molar-refractivity contribution in [2.75, 3.05) is 25.1 Å². The first kappa shape index (κ1) is 12.8. The first-order valence-electron chi connectivity index (χ1n) is 6.02. The number of carbonyl (C=O) groups is 1. The molecule has 1 N–H and O–H groups in total. The number of aromatic nitrogens is 1. The number of methoxy groups -OCH3 is 1. The van der Waals surface area contributed by atoms with Gasteiger partial charge in [-0.1, -0.05) is 0 Å². The fourth-order valence-electron chi connectivity index (χ4n) is 2.42. The maximum absolute atomic E-state index is 11.4. The zero-order valence-corrected chi connectivity index (χ0v) is 10.9. The Hall–Kier alpha value is -1.62. The van der Waals surface area contributed by atoms with Crippen LogP contribution in [0.1, 0.15) is 28.0 Å². The van der Waals surface area contributed by atoms with E-state index in [0.29, 0.717) is 17.9 Å². The van der Waals surface area contributed by atoms with Crippen molar-refractivity contribution < 1.29 is 14.6 Å². The normalized spacial score (nSPS) is 19.3. The molecule has 1 aromatic heterocycles. The van der Waals surface area contributed by atoms with Crippen molar-refractivity contribution in [2.45, 2.75) is 26.4 Å². The zero-order chi connectivity index (χ0) is 13.3. The summed E-state index contributed by atoms with van der Waals surface area (Å²) in [4.78, 5) is 17.8. The van der Waals surface area contributed by atoms with E-state index in [9.17, 15) is 9.90 Å². The van der Waals surface area contributed by atoms with Gasteiger partial charge in [0.1, 0.15) is 11.4 Å². The molecule has 0 spiro atoms. The van der Waals surface area contributed by atoms with Crippen LogP contribution < -0.4 is 4.90 Å². The van der Waals surface area contributed by atoms with Crippen LogP contribution in [0, 0.1) is 13.8 Å². The van der Waals surface area contributed by atoms with Crippen molar-refractivity contribution in [3.05, 3.63) is 22.9 Å². The van der Waals surface area contributed by atoms with Crippen LogP contribution in [0.4, 0.5) is 5.82 Å². The van der Waals surface area contributed by atoms with Gasteiger partial charge in [0.2, 0.25) is 0 Å². The standard InChI is InChI=1S/C13H18N2O3/c1-8-6-9(2)14-12(11(8)13(16)17)15-5-4-10(7-15)18-3/h6,10H,4-5,7H2,1-3H3,(H,16,17). The van der Waals surface area contributed by atoms with Crippen LogP contribution >= 0.6 is 0 Å². The molecule has 1 aliphatic heterocycles. The van der Waals surface area contributed by atoms with E-state index in [1.165, 1.54) is 0 Å². The Morgan fingerprint density at radius 2 is 2.28 bits per heavy atom. The number of hydrogen-bond acceptors (Lipinski definition) is 4. The average molecular weight is 250 g/mol. The second-order valence-corrected chi connectivity index (χ2v) is 4.68. The maximum Gasteiger partial charge on any atom is 0.339 e. The SMILES string of the molecule is COC1CCN(c2nc(C)cc(C)c2C(=O)O)C1. The van der Waals surface area contributed by atoms with Gasteiger partial charge in [-0.3, -0.25) is 0 Å². The van der Waals surface area contributed by atoms with E-state index in [1.807, 2.05) is 18.7 Å².